The smallest absolute Gasteiger partial charge is 0.256 e. The number of methoxy groups -OCH3 is 1. The molecule has 0 spiro atoms. The number of hydrogen-bond donors (Lipinski definition) is 1. The normalized spacial score (nSPS) is 9.65. The van der Waals surface area contributed by atoms with Crippen LogP contribution in [0.5, 0.6) is 5.75 Å². The third kappa shape index (κ3) is 2.98. The molecule has 0 radical (unpaired) electrons. The van der Waals surface area contributed by atoms with Crippen molar-refractivity contribution in [2.75, 3.05) is 12.4 Å². The van der Waals surface area contributed by atoms with Crippen molar-refractivity contribution in [1.29, 1.82) is 5.26 Å². The van der Waals surface area contributed by atoms with E-state index in [1.54, 1.807) is 36.4 Å². The van der Waals surface area contributed by atoms with E-state index in [1.165, 1.54) is 7.11 Å². The van der Waals surface area contributed by atoms with Gasteiger partial charge in [-0.3, -0.25) is 4.79 Å². The number of halogens is 1. The number of hydrogen-bond acceptors (Lipinski definition) is 3. The van der Waals surface area contributed by atoms with Gasteiger partial charge in [0.2, 0.25) is 0 Å². The van der Waals surface area contributed by atoms with Crippen LogP contribution in [0.1, 0.15) is 15.9 Å². The Hall–Kier alpha value is -2.32. The molecule has 0 aliphatic carbocycles. The summed E-state index contributed by atoms with van der Waals surface area (Å²) in [6.07, 6.45) is 0. The fraction of sp³-hybridized carbons (Fsp3) is 0.0667. The SMILES string of the molecule is COc1cc(C#N)ccc1NC(=O)c1ccccc1Br. The lowest BCUT2D eigenvalue weighted by Gasteiger charge is -2.11. The second-order valence-electron chi connectivity index (χ2n) is 3.96. The van der Waals surface area contributed by atoms with Crippen molar-refractivity contribution in [2.24, 2.45) is 0 Å². The molecule has 0 atom stereocenters. The van der Waals surface area contributed by atoms with E-state index >= 15 is 0 Å². The Bertz CT molecular complexity index is 693. The predicted octanol–water partition coefficient (Wildman–Crippen LogP) is 3.58. The highest BCUT2D eigenvalue weighted by molar-refractivity contribution is 9.10. The number of carbonyl (C=O) groups is 1. The third-order valence-electron chi connectivity index (χ3n) is 2.70. The van der Waals surface area contributed by atoms with Gasteiger partial charge >= 0.3 is 0 Å². The van der Waals surface area contributed by atoms with Gasteiger partial charge in [0.15, 0.2) is 0 Å². The monoisotopic (exact) mass is 330 g/mol. The molecule has 1 N–H and O–H groups in total. The fourth-order valence-corrected chi connectivity index (χ4v) is 2.16. The van der Waals surface area contributed by atoms with Crippen molar-refractivity contribution in [3.05, 3.63) is 58.1 Å². The zero-order chi connectivity index (χ0) is 14.5. The van der Waals surface area contributed by atoms with E-state index in [4.69, 9.17) is 10.00 Å². The molecule has 0 unspecified atom stereocenters. The number of carbonyl (C=O) groups excluding carboxylic acids is 1. The van der Waals surface area contributed by atoms with Gasteiger partial charge in [-0.1, -0.05) is 12.1 Å². The molecule has 5 heteroatoms. The highest BCUT2D eigenvalue weighted by Crippen LogP contribution is 2.26. The zero-order valence-electron chi connectivity index (χ0n) is 10.7. The van der Waals surface area contributed by atoms with Gasteiger partial charge in [-0.2, -0.15) is 5.26 Å². The van der Waals surface area contributed by atoms with Gasteiger partial charge in [0.1, 0.15) is 5.75 Å². The van der Waals surface area contributed by atoms with Crippen molar-refractivity contribution in [3.8, 4) is 11.8 Å². The van der Waals surface area contributed by atoms with Gasteiger partial charge < -0.3 is 10.1 Å². The fourth-order valence-electron chi connectivity index (χ4n) is 1.70. The van der Waals surface area contributed by atoms with Gasteiger partial charge in [-0.25, -0.2) is 0 Å². The quantitative estimate of drug-likeness (QED) is 0.935. The average molecular weight is 331 g/mol. The van der Waals surface area contributed by atoms with Gasteiger partial charge in [0.25, 0.3) is 5.91 Å². The standard InChI is InChI=1S/C15H11BrN2O2/c1-20-14-8-10(9-17)6-7-13(14)18-15(19)11-4-2-3-5-12(11)16/h2-8H,1H3,(H,18,19). The number of amides is 1. The highest BCUT2D eigenvalue weighted by Gasteiger charge is 2.12. The summed E-state index contributed by atoms with van der Waals surface area (Å²) in [7, 11) is 1.49. The molecule has 2 rings (SSSR count). The zero-order valence-corrected chi connectivity index (χ0v) is 12.3. The van der Waals surface area contributed by atoms with Crippen molar-refractivity contribution in [1.82, 2.24) is 0 Å². The van der Waals surface area contributed by atoms with Crippen molar-refractivity contribution in [3.63, 3.8) is 0 Å². The lowest BCUT2D eigenvalue weighted by Crippen LogP contribution is -2.13. The van der Waals surface area contributed by atoms with Gasteiger partial charge in [0, 0.05) is 10.5 Å². The first kappa shape index (κ1) is 14.1. The molecule has 0 fully saturated rings. The van der Waals surface area contributed by atoms with Gasteiger partial charge in [0.05, 0.1) is 30.0 Å². The Kier molecular flexibility index (Phi) is 4.38. The minimum absolute atomic E-state index is 0.250. The summed E-state index contributed by atoms with van der Waals surface area (Å²) in [5, 5.41) is 11.6. The number of nitrogens with zero attached hydrogens (tertiary/aromatic N) is 1. The molecule has 4 nitrogen and oxygen atoms in total. The number of nitriles is 1. The number of ether oxygens (including phenoxy) is 1. The first-order valence-electron chi connectivity index (χ1n) is 5.79. The minimum Gasteiger partial charge on any atom is -0.495 e. The summed E-state index contributed by atoms with van der Waals surface area (Å²) in [5.41, 5.74) is 1.52. The second-order valence-corrected chi connectivity index (χ2v) is 4.82. The maximum absolute atomic E-state index is 12.2. The molecular weight excluding hydrogens is 320 g/mol. The van der Waals surface area contributed by atoms with Crippen LogP contribution >= 0.6 is 15.9 Å². The van der Waals surface area contributed by atoms with Crippen LogP contribution in [0.4, 0.5) is 5.69 Å². The molecule has 0 saturated carbocycles. The number of anilines is 1. The van der Waals surface area contributed by atoms with E-state index in [0.29, 0.717) is 27.0 Å². The van der Waals surface area contributed by atoms with E-state index < -0.39 is 0 Å². The lowest BCUT2D eigenvalue weighted by atomic mass is 10.1. The summed E-state index contributed by atoms with van der Waals surface area (Å²) in [5.74, 6) is 0.199. The molecule has 0 heterocycles. The van der Waals surface area contributed by atoms with Crippen LogP contribution in [0.25, 0.3) is 0 Å². The number of benzene rings is 2. The van der Waals surface area contributed by atoms with Crippen LogP contribution in [0, 0.1) is 11.3 Å². The summed E-state index contributed by atoms with van der Waals surface area (Å²) >= 11 is 3.33. The Morgan fingerprint density at radius 1 is 1.30 bits per heavy atom. The van der Waals surface area contributed by atoms with Crippen LogP contribution < -0.4 is 10.1 Å². The molecule has 2 aromatic rings. The van der Waals surface area contributed by atoms with E-state index in [-0.39, 0.29) is 5.91 Å². The summed E-state index contributed by atoms with van der Waals surface area (Å²) in [6.45, 7) is 0. The van der Waals surface area contributed by atoms with Gasteiger partial charge in [-0.15, -0.1) is 0 Å². The molecule has 100 valence electrons. The van der Waals surface area contributed by atoms with E-state index in [0.717, 1.165) is 0 Å². The van der Waals surface area contributed by atoms with Crippen molar-refractivity contribution >= 4 is 27.5 Å². The first-order chi connectivity index (χ1) is 9.65. The highest BCUT2D eigenvalue weighted by atomic mass is 79.9. The molecule has 20 heavy (non-hydrogen) atoms. The summed E-state index contributed by atoms with van der Waals surface area (Å²) in [4.78, 5) is 12.2. The molecule has 0 aromatic heterocycles. The van der Waals surface area contributed by atoms with Crippen LogP contribution in [0.15, 0.2) is 46.9 Å². The van der Waals surface area contributed by atoms with E-state index in [1.807, 2.05) is 12.1 Å². The minimum atomic E-state index is -0.250. The topological polar surface area (TPSA) is 62.1 Å². The molecule has 0 saturated heterocycles. The Morgan fingerprint density at radius 2 is 2.05 bits per heavy atom. The Balaban J connectivity index is 2.29. The van der Waals surface area contributed by atoms with Crippen LogP contribution in [0.3, 0.4) is 0 Å². The Morgan fingerprint density at radius 3 is 2.70 bits per heavy atom. The lowest BCUT2D eigenvalue weighted by molar-refractivity contribution is 0.102. The predicted molar refractivity (Wildman–Crippen MR) is 79.8 cm³/mol. The van der Waals surface area contributed by atoms with Crippen molar-refractivity contribution < 1.29 is 9.53 Å². The molecule has 0 aliphatic heterocycles. The van der Waals surface area contributed by atoms with Crippen molar-refractivity contribution in [2.45, 2.75) is 0 Å². The van der Waals surface area contributed by atoms with E-state index in [2.05, 4.69) is 21.2 Å². The maximum Gasteiger partial charge on any atom is 0.256 e. The molecule has 2 aromatic carbocycles. The average Bonchev–Trinajstić information content (AvgIpc) is 2.48. The van der Waals surface area contributed by atoms with Crippen LogP contribution in [-0.4, -0.2) is 13.0 Å². The Labute approximate surface area is 125 Å². The van der Waals surface area contributed by atoms with Crippen LogP contribution in [0.2, 0.25) is 0 Å². The van der Waals surface area contributed by atoms with E-state index in [9.17, 15) is 4.79 Å². The first-order valence-corrected chi connectivity index (χ1v) is 6.59. The van der Waals surface area contributed by atoms with Gasteiger partial charge in [-0.05, 0) is 40.2 Å². The van der Waals surface area contributed by atoms with Crippen LogP contribution in [-0.2, 0) is 0 Å². The molecule has 1 amide bonds. The largest absolute Gasteiger partial charge is 0.495 e. The summed E-state index contributed by atoms with van der Waals surface area (Å²) < 4.78 is 5.89. The summed E-state index contributed by atoms with van der Waals surface area (Å²) in [6, 6.07) is 14.0. The molecular formula is C15H11BrN2O2. The molecule has 0 bridgehead atoms. The second kappa shape index (κ2) is 6.22. The number of rotatable bonds is 3. The molecule has 0 aliphatic rings. The maximum atomic E-state index is 12.2. The third-order valence-corrected chi connectivity index (χ3v) is 3.39. The number of nitrogens with one attached hydrogen (secondary N) is 1.